The Hall–Kier alpha value is -2.51. The summed E-state index contributed by atoms with van der Waals surface area (Å²) in [5, 5.41) is 3.61. The summed E-state index contributed by atoms with van der Waals surface area (Å²) in [6.45, 7) is 0. The molecule has 0 aliphatic carbocycles. The molecule has 2 heterocycles. The number of pyridine rings is 1. The summed E-state index contributed by atoms with van der Waals surface area (Å²) in [7, 11) is 0. The van der Waals surface area contributed by atoms with E-state index in [9.17, 15) is 26.3 Å². The first kappa shape index (κ1) is 15.4. The van der Waals surface area contributed by atoms with Crippen molar-refractivity contribution in [2.75, 3.05) is 0 Å². The number of nitrogens with zero attached hydrogens (tertiary/aromatic N) is 2. The normalized spacial score (nSPS) is 12.8. The summed E-state index contributed by atoms with van der Waals surface area (Å²) < 4.78 is 77.7. The van der Waals surface area contributed by atoms with Gasteiger partial charge in [-0.15, -0.1) is 0 Å². The van der Waals surface area contributed by atoms with Crippen LogP contribution in [0.3, 0.4) is 0 Å². The molecule has 120 valence electrons. The molecule has 0 atom stereocenters. The van der Waals surface area contributed by atoms with E-state index in [2.05, 4.69) is 5.10 Å². The highest BCUT2D eigenvalue weighted by molar-refractivity contribution is 5.70. The summed E-state index contributed by atoms with van der Waals surface area (Å²) in [5.41, 5.74) is -1.22. The van der Waals surface area contributed by atoms with E-state index in [1.54, 1.807) is 0 Å². The van der Waals surface area contributed by atoms with Crippen molar-refractivity contribution in [1.29, 1.82) is 0 Å². The Bertz CT molecular complexity index is 843. The van der Waals surface area contributed by atoms with Crippen LogP contribution in [0.1, 0.15) is 11.3 Å². The zero-order valence-corrected chi connectivity index (χ0v) is 11.3. The smallest absolute Gasteiger partial charge is 0.229 e. The Kier molecular flexibility index (Phi) is 3.35. The molecule has 0 N–H and O–H groups in total. The van der Waals surface area contributed by atoms with Crippen LogP contribution in [0.25, 0.3) is 16.6 Å². The zero-order chi connectivity index (χ0) is 16.8. The molecule has 1 aromatic carbocycles. The van der Waals surface area contributed by atoms with Gasteiger partial charge in [0.2, 0.25) is 0 Å². The lowest BCUT2D eigenvalue weighted by molar-refractivity contribution is -0.142. The Morgan fingerprint density at radius 1 is 0.739 bits per heavy atom. The predicted octanol–water partition coefficient (Wildman–Crippen LogP) is 5.04. The summed E-state index contributed by atoms with van der Waals surface area (Å²) in [6, 6.07) is 7.65. The van der Waals surface area contributed by atoms with Gasteiger partial charge in [0.25, 0.3) is 0 Å². The van der Waals surface area contributed by atoms with Crippen molar-refractivity contribution < 1.29 is 26.3 Å². The van der Waals surface area contributed by atoms with Gasteiger partial charge in [-0.05, 0) is 41.5 Å². The number of aromatic nitrogens is 2. The van der Waals surface area contributed by atoms with Crippen LogP contribution in [0.2, 0.25) is 0 Å². The Morgan fingerprint density at radius 3 is 1.96 bits per heavy atom. The molecule has 3 aromatic rings. The van der Waals surface area contributed by atoms with Crippen molar-refractivity contribution in [2.45, 2.75) is 12.4 Å². The molecule has 3 rings (SSSR count). The molecular formula is C15H8F6N2. The fraction of sp³-hybridized carbons (Fsp3) is 0.133. The van der Waals surface area contributed by atoms with Crippen LogP contribution in [0.4, 0.5) is 26.3 Å². The molecule has 2 aromatic heterocycles. The third-order valence-electron chi connectivity index (χ3n) is 3.33. The highest BCUT2D eigenvalue weighted by Crippen LogP contribution is 2.35. The fourth-order valence-corrected chi connectivity index (χ4v) is 2.25. The average Bonchev–Trinajstić information content (AvgIpc) is 2.92. The molecule has 0 aliphatic heterocycles. The van der Waals surface area contributed by atoms with Gasteiger partial charge in [-0.25, -0.2) is 4.52 Å². The molecule has 0 fully saturated rings. The Morgan fingerprint density at radius 2 is 1.39 bits per heavy atom. The quantitative estimate of drug-likeness (QED) is 0.572. The first-order valence-electron chi connectivity index (χ1n) is 6.39. The van der Waals surface area contributed by atoms with E-state index in [0.717, 1.165) is 34.8 Å². The Labute approximate surface area is 126 Å². The first-order chi connectivity index (χ1) is 10.7. The molecule has 23 heavy (non-hydrogen) atoms. The molecule has 0 bridgehead atoms. The molecule has 0 amide bonds. The lowest BCUT2D eigenvalue weighted by Crippen LogP contribution is -2.12. The number of fused-ring (bicyclic) bond motifs is 1. The van der Waals surface area contributed by atoms with Gasteiger partial charge >= 0.3 is 12.4 Å². The van der Waals surface area contributed by atoms with E-state index in [-0.39, 0.29) is 16.6 Å². The highest BCUT2D eigenvalue weighted by atomic mass is 19.4. The maximum Gasteiger partial charge on any atom is 0.433 e. The summed E-state index contributed by atoms with van der Waals surface area (Å²) in [5.74, 6) is 0. The van der Waals surface area contributed by atoms with Crippen LogP contribution in [0, 0.1) is 0 Å². The van der Waals surface area contributed by atoms with Crippen LogP contribution in [-0.2, 0) is 12.4 Å². The second kappa shape index (κ2) is 5.00. The molecule has 0 spiro atoms. The van der Waals surface area contributed by atoms with Crippen molar-refractivity contribution >= 4 is 5.52 Å². The summed E-state index contributed by atoms with van der Waals surface area (Å²) in [6.07, 6.45) is -7.90. The maximum absolute atomic E-state index is 13.1. The molecule has 0 saturated carbocycles. The van der Waals surface area contributed by atoms with Gasteiger partial charge in [0.05, 0.1) is 11.1 Å². The van der Waals surface area contributed by atoms with Crippen molar-refractivity contribution in [3.8, 4) is 11.1 Å². The van der Waals surface area contributed by atoms with Crippen LogP contribution < -0.4 is 0 Å². The van der Waals surface area contributed by atoms with Gasteiger partial charge in [-0.1, -0.05) is 12.1 Å². The van der Waals surface area contributed by atoms with Crippen molar-refractivity contribution in [1.82, 2.24) is 9.61 Å². The third kappa shape index (κ3) is 2.88. The number of rotatable bonds is 1. The largest absolute Gasteiger partial charge is 0.433 e. The van der Waals surface area contributed by atoms with Crippen LogP contribution >= 0.6 is 0 Å². The number of benzene rings is 1. The van der Waals surface area contributed by atoms with E-state index in [4.69, 9.17) is 0 Å². The topological polar surface area (TPSA) is 17.3 Å². The zero-order valence-electron chi connectivity index (χ0n) is 11.3. The standard InChI is InChI=1S/C15H8F6N2/c16-14(17,18)11-3-1-9(2-4-11)10-7-12-5-6-22-23(12)13(8-10)15(19,20)21/h1-8H. The minimum atomic E-state index is -4.63. The van der Waals surface area contributed by atoms with Gasteiger partial charge in [-0.3, -0.25) is 0 Å². The minimum absolute atomic E-state index is 0.166. The second-order valence-electron chi connectivity index (χ2n) is 4.87. The van der Waals surface area contributed by atoms with Gasteiger partial charge in [-0.2, -0.15) is 31.4 Å². The number of alkyl halides is 6. The fourth-order valence-electron chi connectivity index (χ4n) is 2.25. The third-order valence-corrected chi connectivity index (χ3v) is 3.33. The molecule has 2 nitrogen and oxygen atoms in total. The first-order valence-corrected chi connectivity index (χ1v) is 6.39. The number of hydrogen-bond acceptors (Lipinski definition) is 1. The second-order valence-corrected chi connectivity index (χ2v) is 4.87. The molecule has 0 radical (unpaired) electrons. The van der Waals surface area contributed by atoms with Crippen LogP contribution in [-0.4, -0.2) is 9.61 Å². The Balaban J connectivity index is 2.13. The van der Waals surface area contributed by atoms with E-state index >= 15 is 0 Å². The van der Waals surface area contributed by atoms with Crippen molar-refractivity contribution in [2.24, 2.45) is 0 Å². The average molecular weight is 330 g/mol. The minimum Gasteiger partial charge on any atom is -0.229 e. The molecule has 0 unspecified atom stereocenters. The van der Waals surface area contributed by atoms with E-state index in [0.29, 0.717) is 0 Å². The molecule has 0 saturated heterocycles. The lowest BCUT2D eigenvalue weighted by Gasteiger charge is -2.12. The molecule has 8 heteroatoms. The van der Waals surface area contributed by atoms with Gasteiger partial charge < -0.3 is 0 Å². The number of hydrogen-bond donors (Lipinski definition) is 0. The number of halogens is 6. The van der Waals surface area contributed by atoms with Crippen LogP contribution in [0.5, 0.6) is 0 Å². The van der Waals surface area contributed by atoms with Crippen molar-refractivity contribution in [3.63, 3.8) is 0 Å². The SMILES string of the molecule is FC(F)(F)c1ccc(-c2cc(C(F)(F)F)n3nccc3c2)cc1. The van der Waals surface area contributed by atoms with Gasteiger partial charge in [0.15, 0.2) is 0 Å². The van der Waals surface area contributed by atoms with Gasteiger partial charge in [0, 0.05) is 6.20 Å². The maximum atomic E-state index is 13.1. The summed E-state index contributed by atoms with van der Waals surface area (Å²) in [4.78, 5) is 0. The monoisotopic (exact) mass is 330 g/mol. The van der Waals surface area contributed by atoms with E-state index in [1.807, 2.05) is 0 Å². The van der Waals surface area contributed by atoms with Crippen molar-refractivity contribution in [3.05, 3.63) is 59.9 Å². The molecular weight excluding hydrogens is 322 g/mol. The van der Waals surface area contributed by atoms with Crippen LogP contribution in [0.15, 0.2) is 48.7 Å². The lowest BCUT2D eigenvalue weighted by atomic mass is 10.0. The van der Waals surface area contributed by atoms with E-state index < -0.39 is 23.6 Å². The van der Waals surface area contributed by atoms with E-state index in [1.165, 1.54) is 18.3 Å². The van der Waals surface area contributed by atoms with Gasteiger partial charge in [0.1, 0.15) is 5.69 Å². The predicted molar refractivity (Wildman–Crippen MR) is 70.6 cm³/mol. The highest BCUT2D eigenvalue weighted by Gasteiger charge is 2.34. The molecule has 0 aliphatic rings. The summed E-state index contributed by atoms with van der Waals surface area (Å²) >= 11 is 0.